The van der Waals surface area contributed by atoms with Crippen molar-refractivity contribution in [3.63, 3.8) is 0 Å². The molecule has 3 nitrogen and oxygen atoms in total. The molecule has 18 heavy (non-hydrogen) atoms. The highest BCUT2D eigenvalue weighted by molar-refractivity contribution is 14.1. The van der Waals surface area contributed by atoms with E-state index in [4.69, 9.17) is 4.74 Å². The second-order valence-corrected chi connectivity index (χ2v) is 5.67. The van der Waals surface area contributed by atoms with Gasteiger partial charge < -0.3 is 4.74 Å². The highest BCUT2D eigenvalue weighted by Crippen LogP contribution is 2.21. The number of halogens is 1. The second-order valence-electron chi connectivity index (χ2n) is 4.43. The topological polar surface area (TPSA) is 35.0 Å². The molecule has 0 aliphatic rings. The Kier molecular flexibility index (Phi) is 4.16. The fourth-order valence-electron chi connectivity index (χ4n) is 1.51. The van der Waals surface area contributed by atoms with Crippen molar-refractivity contribution >= 4 is 22.6 Å². The lowest BCUT2D eigenvalue weighted by molar-refractivity contribution is 0.436. The van der Waals surface area contributed by atoms with E-state index in [1.807, 2.05) is 37.3 Å². The summed E-state index contributed by atoms with van der Waals surface area (Å²) in [6, 6.07) is 10.2. The first-order valence-corrected chi connectivity index (χ1v) is 6.91. The van der Waals surface area contributed by atoms with Crippen molar-refractivity contribution in [3.05, 3.63) is 45.3 Å². The van der Waals surface area contributed by atoms with Crippen LogP contribution in [-0.4, -0.2) is 9.97 Å². The summed E-state index contributed by atoms with van der Waals surface area (Å²) >= 11 is 2.26. The number of benzene rings is 1. The Morgan fingerprint density at radius 1 is 1.11 bits per heavy atom. The van der Waals surface area contributed by atoms with Gasteiger partial charge in [0, 0.05) is 9.26 Å². The fourth-order valence-corrected chi connectivity index (χ4v) is 1.87. The third-order valence-corrected chi connectivity index (χ3v) is 3.19. The molecule has 0 atom stereocenters. The molecule has 0 spiro atoms. The molecule has 0 fully saturated rings. The van der Waals surface area contributed by atoms with Crippen LogP contribution in [0.25, 0.3) is 0 Å². The Bertz CT molecular complexity index is 538. The Morgan fingerprint density at radius 2 is 1.78 bits per heavy atom. The minimum Gasteiger partial charge on any atom is -0.424 e. The summed E-state index contributed by atoms with van der Waals surface area (Å²) in [6.07, 6.45) is 0. The van der Waals surface area contributed by atoms with Crippen molar-refractivity contribution in [1.82, 2.24) is 9.97 Å². The van der Waals surface area contributed by atoms with Gasteiger partial charge in [0.2, 0.25) is 0 Å². The van der Waals surface area contributed by atoms with Gasteiger partial charge in [-0.3, -0.25) is 0 Å². The van der Waals surface area contributed by atoms with E-state index in [1.54, 1.807) is 0 Å². The van der Waals surface area contributed by atoms with E-state index in [-0.39, 0.29) is 0 Å². The van der Waals surface area contributed by atoms with Gasteiger partial charge in [0.1, 0.15) is 5.75 Å². The van der Waals surface area contributed by atoms with Gasteiger partial charge in [0.15, 0.2) is 0 Å². The third-order valence-electron chi connectivity index (χ3n) is 2.47. The molecule has 1 aromatic heterocycles. The molecule has 0 amide bonds. The molecule has 0 saturated carbocycles. The van der Waals surface area contributed by atoms with E-state index >= 15 is 0 Å². The van der Waals surface area contributed by atoms with Crippen molar-refractivity contribution in [1.29, 1.82) is 0 Å². The van der Waals surface area contributed by atoms with Gasteiger partial charge in [-0.15, -0.1) is 0 Å². The number of hydrogen-bond donors (Lipinski definition) is 0. The van der Waals surface area contributed by atoms with Gasteiger partial charge in [0.05, 0.1) is 5.69 Å². The predicted octanol–water partition coefficient (Wildman–Crippen LogP) is 4.31. The highest BCUT2D eigenvalue weighted by atomic mass is 127. The van der Waals surface area contributed by atoms with Crippen LogP contribution < -0.4 is 4.74 Å². The minimum absolute atomic E-state index is 0.366. The number of nitrogens with zero attached hydrogens (tertiary/aromatic N) is 2. The molecule has 1 heterocycles. The lowest BCUT2D eigenvalue weighted by atomic mass is 10.1. The summed E-state index contributed by atoms with van der Waals surface area (Å²) in [5.74, 6) is 1.13. The van der Waals surface area contributed by atoms with Crippen LogP contribution in [0.1, 0.15) is 31.2 Å². The summed E-state index contributed by atoms with van der Waals surface area (Å²) in [5.41, 5.74) is 1.93. The van der Waals surface area contributed by atoms with Gasteiger partial charge in [-0.05, 0) is 65.8 Å². The average molecular weight is 354 g/mol. The van der Waals surface area contributed by atoms with Crippen molar-refractivity contribution in [2.75, 3.05) is 0 Å². The van der Waals surface area contributed by atoms with E-state index in [1.165, 1.54) is 3.57 Å². The SMILES string of the molecule is Cc1cc(C(C)C)nc(Oc2ccc(I)cc2)n1. The minimum atomic E-state index is 0.366. The highest BCUT2D eigenvalue weighted by Gasteiger charge is 2.07. The quantitative estimate of drug-likeness (QED) is 0.771. The molecule has 0 unspecified atom stereocenters. The maximum Gasteiger partial charge on any atom is 0.322 e. The largest absolute Gasteiger partial charge is 0.424 e. The first-order chi connectivity index (χ1) is 8.54. The van der Waals surface area contributed by atoms with Crippen LogP contribution in [0.2, 0.25) is 0 Å². The molecular formula is C14H15IN2O. The van der Waals surface area contributed by atoms with E-state index in [9.17, 15) is 0 Å². The fraction of sp³-hybridized carbons (Fsp3) is 0.286. The van der Waals surface area contributed by atoms with Gasteiger partial charge in [0.25, 0.3) is 0 Å². The van der Waals surface area contributed by atoms with Crippen LogP contribution in [0.5, 0.6) is 11.8 Å². The maximum atomic E-state index is 5.68. The molecule has 2 rings (SSSR count). The van der Waals surface area contributed by atoms with Gasteiger partial charge in [-0.25, -0.2) is 4.98 Å². The summed E-state index contributed by atoms with van der Waals surface area (Å²) in [7, 11) is 0. The molecule has 2 aromatic rings. The molecule has 0 saturated heterocycles. The lowest BCUT2D eigenvalue weighted by Gasteiger charge is -2.09. The zero-order valence-corrected chi connectivity index (χ0v) is 12.8. The van der Waals surface area contributed by atoms with Crippen LogP contribution in [-0.2, 0) is 0 Å². The first-order valence-electron chi connectivity index (χ1n) is 5.83. The zero-order chi connectivity index (χ0) is 13.1. The standard InChI is InChI=1S/C14H15IN2O/c1-9(2)13-8-10(3)16-14(17-13)18-12-6-4-11(15)5-7-12/h4-9H,1-3H3. The molecule has 1 aromatic carbocycles. The van der Waals surface area contributed by atoms with E-state index < -0.39 is 0 Å². The Hall–Kier alpha value is -1.17. The van der Waals surface area contributed by atoms with Gasteiger partial charge in [-0.1, -0.05) is 13.8 Å². The molecule has 94 valence electrons. The molecule has 0 aliphatic heterocycles. The lowest BCUT2D eigenvalue weighted by Crippen LogP contribution is -2.00. The Labute approximate surface area is 121 Å². The monoisotopic (exact) mass is 354 g/mol. The Morgan fingerprint density at radius 3 is 2.39 bits per heavy atom. The zero-order valence-electron chi connectivity index (χ0n) is 10.6. The van der Waals surface area contributed by atoms with Crippen molar-refractivity contribution in [2.45, 2.75) is 26.7 Å². The molecular weight excluding hydrogens is 339 g/mol. The molecule has 0 radical (unpaired) electrons. The van der Waals surface area contributed by atoms with E-state index in [0.717, 1.165) is 17.1 Å². The summed E-state index contributed by atoms with van der Waals surface area (Å²) in [6.45, 7) is 6.17. The number of rotatable bonds is 3. The second kappa shape index (κ2) is 5.65. The number of aryl methyl sites for hydroxylation is 1. The van der Waals surface area contributed by atoms with E-state index in [2.05, 4.69) is 46.4 Å². The third kappa shape index (κ3) is 3.41. The van der Waals surface area contributed by atoms with Crippen LogP contribution in [0, 0.1) is 10.5 Å². The first kappa shape index (κ1) is 13.3. The molecule has 0 bridgehead atoms. The van der Waals surface area contributed by atoms with E-state index in [0.29, 0.717) is 11.9 Å². The van der Waals surface area contributed by atoms with Crippen LogP contribution in [0.15, 0.2) is 30.3 Å². The van der Waals surface area contributed by atoms with Crippen molar-refractivity contribution < 1.29 is 4.74 Å². The summed E-state index contributed by atoms with van der Waals surface area (Å²) in [4.78, 5) is 8.71. The van der Waals surface area contributed by atoms with Crippen LogP contribution >= 0.6 is 22.6 Å². The predicted molar refractivity (Wildman–Crippen MR) is 80.1 cm³/mol. The average Bonchev–Trinajstić information content (AvgIpc) is 2.31. The van der Waals surface area contributed by atoms with Crippen LogP contribution in [0.3, 0.4) is 0 Å². The number of aromatic nitrogens is 2. The van der Waals surface area contributed by atoms with Gasteiger partial charge in [-0.2, -0.15) is 4.98 Å². The maximum absolute atomic E-state index is 5.68. The molecule has 4 heteroatoms. The van der Waals surface area contributed by atoms with Gasteiger partial charge >= 0.3 is 6.01 Å². The molecule has 0 N–H and O–H groups in total. The summed E-state index contributed by atoms with van der Waals surface area (Å²) in [5, 5.41) is 0. The molecule has 0 aliphatic carbocycles. The van der Waals surface area contributed by atoms with Crippen molar-refractivity contribution in [2.24, 2.45) is 0 Å². The number of ether oxygens (including phenoxy) is 1. The number of hydrogen-bond acceptors (Lipinski definition) is 3. The summed E-state index contributed by atoms with van der Waals surface area (Å²) < 4.78 is 6.85. The van der Waals surface area contributed by atoms with Crippen molar-refractivity contribution in [3.8, 4) is 11.8 Å². The Balaban J connectivity index is 2.26. The smallest absolute Gasteiger partial charge is 0.322 e. The van der Waals surface area contributed by atoms with Crippen LogP contribution in [0.4, 0.5) is 0 Å². The normalized spacial score (nSPS) is 10.7.